The number of thiazole rings is 1. The third-order valence-corrected chi connectivity index (χ3v) is 7.57. The lowest BCUT2D eigenvalue weighted by atomic mass is 10.0. The molecule has 2 atom stereocenters. The maximum Gasteiger partial charge on any atom is 0.352 e. The number of amides is 2. The number of hydrogen-bond donors (Lipinski definition) is 3. The average molecular weight is 589 g/mol. The van der Waals surface area contributed by atoms with Crippen LogP contribution in [0.5, 0.6) is 0 Å². The molecule has 2 aliphatic heterocycles. The number of carbonyl (C=O) groups is 4. The van der Waals surface area contributed by atoms with Gasteiger partial charge in [0.2, 0.25) is 6.61 Å². The van der Waals surface area contributed by atoms with E-state index in [0.717, 1.165) is 16.2 Å². The van der Waals surface area contributed by atoms with Gasteiger partial charge in [0.1, 0.15) is 29.4 Å². The number of nitrogens with two attached hydrogens (primary N) is 1. The molecule has 0 bridgehead atoms. The Labute approximate surface area is 233 Å². The Morgan fingerprint density at radius 3 is 2.67 bits per heavy atom. The van der Waals surface area contributed by atoms with Crippen LogP contribution in [0.3, 0.4) is 0 Å². The van der Waals surface area contributed by atoms with Gasteiger partial charge in [0.25, 0.3) is 17.5 Å². The molecule has 2 amide bonds. The number of aromatic nitrogens is 1. The van der Waals surface area contributed by atoms with Gasteiger partial charge in [-0.25, -0.2) is 14.6 Å². The molecule has 0 spiro atoms. The van der Waals surface area contributed by atoms with E-state index in [0.29, 0.717) is 11.1 Å². The smallest absolute Gasteiger partial charge is 0.352 e. The zero-order chi connectivity index (χ0) is 29.0. The van der Waals surface area contributed by atoms with E-state index in [2.05, 4.69) is 22.0 Å². The van der Waals surface area contributed by atoms with E-state index in [-0.39, 0.29) is 40.3 Å². The fourth-order valence-electron chi connectivity index (χ4n) is 3.68. The number of allylic oxidation sites excluding steroid dienone is 1. The second-order valence-electron chi connectivity index (χ2n) is 8.11. The lowest BCUT2D eigenvalue weighted by molar-refractivity contribution is -0.384. The normalized spacial score (nSPS) is 18.4. The van der Waals surface area contributed by atoms with Crippen LogP contribution in [0.25, 0.3) is 0 Å². The van der Waals surface area contributed by atoms with Gasteiger partial charge in [-0.2, -0.15) is 0 Å². The number of thioether (sulfide) groups is 1. The second-order valence-corrected chi connectivity index (χ2v) is 10.1. The maximum atomic E-state index is 13.1. The van der Waals surface area contributed by atoms with E-state index in [4.69, 9.17) is 15.3 Å². The van der Waals surface area contributed by atoms with Crippen LogP contribution in [0.15, 0.2) is 58.7 Å². The topological polar surface area (TPSA) is 217 Å². The predicted octanol–water partition coefficient (Wildman–Crippen LogP) is 1.02. The molecule has 40 heavy (non-hydrogen) atoms. The van der Waals surface area contributed by atoms with E-state index in [1.165, 1.54) is 47.5 Å². The number of oxime groups is 1. The van der Waals surface area contributed by atoms with E-state index < -0.39 is 46.7 Å². The number of nitrogen functional groups attached to an aromatic ring is 1. The molecule has 1 aromatic heterocycles. The number of carbonyl (C=O) groups excluding carboxylic acids is 3. The molecule has 4 N–H and O–H groups in total. The molecular formula is C23H20N6O9S2. The van der Waals surface area contributed by atoms with Crippen LogP contribution in [-0.2, 0) is 35.4 Å². The summed E-state index contributed by atoms with van der Waals surface area (Å²) >= 11 is 2.28. The van der Waals surface area contributed by atoms with Crippen LogP contribution in [0.4, 0.5) is 10.8 Å². The van der Waals surface area contributed by atoms with Crippen LogP contribution < -0.4 is 11.1 Å². The van der Waals surface area contributed by atoms with Crippen LogP contribution >= 0.6 is 23.1 Å². The molecule has 1 fully saturated rings. The Hall–Kier alpha value is -4.77. The zero-order valence-corrected chi connectivity index (χ0v) is 22.0. The van der Waals surface area contributed by atoms with Gasteiger partial charge in [-0.3, -0.25) is 24.6 Å². The number of anilines is 1. The van der Waals surface area contributed by atoms with Crippen molar-refractivity contribution in [3.05, 3.63) is 74.9 Å². The van der Waals surface area contributed by atoms with Crippen molar-refractivity contribution < 1.29 is 38.8 Å². The summed E-state index contributed by atoms with van der Waals surface area (Å²) in [6, 6.07) is 4.35. The second kappa shape index (κ2) is 12.0. The highest BCUT2D eigenvalue weighted by Gasteiger charge is 2.54. The van der Waals surface area contributed by atoms with Gasteiger partial charge < -0.3 is 25.7 Å². The Morgan fingerprint density at radius 2 is 2.08 bits per heavy atom. The molecular weight excluding hydrogens is 568 g/mol. The van der Waals surface area contributed by atoms with E-state index in [1.807, 2.05) is 0 Å². The number of rotatable bonds is 11. The van der Waals surface area contributed by atoms with Crippen molar-refractivity contribution in [2.75, 3.05) is 18.1 Å². The van der Waals surface area contributed by atoms with E-state index >= 15 is 0 Å². The highest BCUT2D eigenvalue weighted by Crippen LogP contribution is 2.40. The minimum Gasteiger partial charge on any atom is -0.477 e. The highest BCUT2D eigenvalue weighted by molar-refractivity contribution is 8.00. The number of ether oxygens (including phenoxy) is 1. The maximum absolute atomic E-state index is 13.1. The Bertz CT molecular complexity index is 1450. The van der Waals surface area contributed by atoms with Gasteiger partial charge in [-0.15, -0.1) is 23.1 Å². The van der Waals surface area contributed by atoms with Crippen LogP contribution in [0.1, 0.15) is 11.3 Å². The van der Waals surface area contributed by atoms with Crippen molar-refractivity contribution in [3.8, 4) is 0 Å². The number of non-ortho nitro benzene ring substituents is 1. The monoisotopic (exact) mass is 588 g/mol. The molecule has 0 saturated carbocycles. The van der Waals surface area contributed by atoms with Gasteiger partial charge in [0, 0.05) is 23.3 Å². The molecule has 0 unspecified atom stereocenters. The summed E-state index contributed by atoms with van der Waals surface area (Å²) < 4.78 is 5.04. The number of aliphatic carboxylic acids is 1. The van der Waals surface area contributed by atoms with Crippen molar-refractivity contribution in [1.29, 1.82) is 0 Å². The standard InChI is InChI=1S/C23H20N6O9S2/c1-2-12-9-39-21-17(20(32)28(21)18(12)22(33)34)26-19(31)16(14-10-40-23(24)25-14)27-38-8-15(30)37-7-11-3-5-13(6-4-11)29(35)36/h2-6,10,17,21H,1,7-9H2,(H2,24,25)(H,26,31)(H,33,34)/b27-16+/t17-,21-/m1/s1. The van der Waals surface area contributed by atoms with E-state index in [1.54, 1.807) is 0 Å². The van der Waals surface area contributed by atoms with Crippen LogP contribution in [-0.4, -0.2) is 73.2 Å². The third kappa shape index (κ3) is 5.94. The SMILES string of the molecule is C=CC1=C(C(=O)O)N2C(=O)[C@@H](NC(=O)/C(=N/OCC(=O)OCc3ccc([N+](=O)[O-])cc3)c3csc(N)n3)[C@H]2SC1. The summed E-state index contributed by atoms with van der Waals surface area (Å²) in [4.78, 5) is 69.9. The Balaban J connectivity index is 1.39. The lowest BCUT2D eigenvalue weighted by Crippen LogP contribution is -2.71. The average Bonchev–Trinajstić information content (AvgIpc) is 3.37. The minimum absolute atomic E-state index is 0.0271. The number of carboxylic acid groups (broad SMARTS) is 1. The molecule has 15 nitrogen and oxygen atoms in total. The quantitative estimate of drug-likeness (QED) is 0.110. The number of carboxylic acids is 1. The molecule has 17 heteroatoms. The molecule has 1 aromatic carbocycles. The third-order valence-electron chi connectivity index (χ3n) is 5.60. The van der Waals surface area contributed by atoms with Gasteiger partial charge in [0.15, 0.2) is 10.8 Å². The first-order valence-electron chi connectivity index (χ1n) is 11.3. The number of esters is 1. The first-order chi connectivity index (χ1) is 19.1. The number of nitro groups is 1. The number of benzene rings is 1. The van der Waals surface area contributed by atoms with Crippen LogP contribution in [0, 0.1) is 10.1 Å². The lowest BCUT2D eigenvalue weighted by Gasteiger charge is -2.49. The molecule has 1 saturated heterocycles. The van der Waals surface area contributed by atoms with Gasteiger partial charge in [0.05, 0.1) is 4.92 Å². The first-order valence-corrected chi connectivity index (χ1v) is 13.2. The number of nitrogens with zero attached hydrogens (tertiary/aromatic N) is 4. The largest absolute Gasteiger partial charge is 0.477 e. The molecule has 3 heterocycles. The number of β-lactam (4-membered cyclic amide) rings is 1. The van der Waals surface area contributed by atoms with Crippen molar-refractivity contribution in [1.82, 2.24) is 15.2 Å². The minimum atomic E-state index is -1.28. The van der Waals surface area contributed by atoms with Gasteiger partial charge >= 0.3 is 11.9 Å². The number of nitro benzene ring substituents is 1. The summed E-state index contributed by atoms with van der Waals surface area (Å²) in [5, 5.41) is 27.4. The molecule has 0 radical (unpaired) electrons. The summed E-state index contributed by atoms with van der Waals surface area (Å²) in [6.45, 7) is 2.72. The zero-order valence-electron chi connectivity index (χ0n) is 20.3. The molecule has 2 aliphatic rings. The number of fused-ring (bicyclic) bond motifs is 1. The van der Waals surface area contributed by atoms with Gasteiger partial charge in [-0.1, -0.05) is 17.8 Å². The molecule has 2 aromatic rings. The Morgan fingerprint density at radius 1 is 1.35 bits per heavy atom. The van der Waals surface area contributed by atoms with Crippen LogP contribution in [0.2, 0.25) is 0 Å². The summed E-state index contributed by atoms with van der Waals surface area (Å²) in [5.74, 6) is -3.34. The summed E-state index contributed by atoms with van der Waals surface area (Å²) in [6.07, 6.45) is 1.37. The molecule has 4 rings (SSSR count). The van der Waals surface area contributed by atoms with Crippen molar-refractivity contribution in [3.63, 3.8) is 0 Å². The molecule has 0 aliphatic carbocycles. The fourth-order valence-corrected chi connectivity index (χ4v) is 5.57. The Kier molecular flexibility index (Phi) is 8.44. The van der Waals surface area contributed by atoms with E-state index in [9.17, 15) is 34.4 Å². The highest BCUT2D eigenvalue weighted by atomic mass is 32.2. The number of nitrogens with one attached hydrogen (secondary N) is 1. The molecule has 208 valence electrons. The van der Waals surface area contributed by atoms with Crippen molar-refractivity contribution in [2.45, 2.75) is 18.0 Å². The summed E-state index contributed by atoms with van der Waals surface area (Å²) in [7, 11) is 0. The predicted molar refractivity (Wildman–Crippen MR) is 142 cm³/mol. The number of hydrogen-bond acceptors (Lipinski definition) is 13. The van der Waals surface area contributed by atoms with Gasteiger partial charge in [-0.05, 0) is 23.3 Å². The fraction of sp³-hybridized carbons (Fsp3) is 0.217. The summed E-state index contributed by atoms with van der Waals surface area (Å²) in [5.41, 5.74) is 5.91. The first kappa shape index (κ1) is 28.2. The van der Waals surface area contributed by atoms with Crippen molar-refractivity contribution >= 4 is 63.4 Å². The van der Waals surface area contributed by atoms with Crippen molar-refractivity contribution in [2.24, 2.45) is 5.16 Å².